The lowest BCUT2D eigenvalue weighted by atomic mass is 10.2. The number of amides is 1. The van der Waals surface area contributed by atoms with Crippen molar-refractivity contribution in [2.24, 2.45) is 0 Å². The van der Waals surface area contributed by atoms with Crippen molar-refractivity contribution in [1.82, 2.24) is 4.90 Å². The molecule has 1 N–H and O–H groups in total. The summed E-state index contributed by atoms with van der Waals surface area (Å²) in [5, 5.41) is 8.68. The van der Waals surface area contributed by atoms with Gasteiger partial charge in [-0.15, -0.1) is 0 Å². The second-order valence-corrected chi connectivity index (χ2v) is 3.56. The molecule has 0 fully saturated rings. The van der Waals surface area contributed by atoms with Crippen molar-refractivity contribution in [1.29, 1.82) is 0 Å². The predicted octanol–water partition coefficient (Wildman–Crippen LogP) is 1.38. The van der Waals surface area contributed by atoms with Crippen LogP contribution in [0, 0.1) is 5.82 Å². The zero-order valence-electron chi connectivity index (χ0n) is 10.1. The highest BCUT2D eigenvalue weighted by Crippen LogP contribution is 2.19. The fraction of sp³-hybridized carbons (Fsp3) is 0.333. The molecule has 18 heavy (non-hydrogen) atoms. The molecule has 0 aromatic heterocycles. The van der Waals surface area contributed by atoms with Crippen molar-refractivity contribution in [2.75, 3.05) is 20.2 Å². The summed E-state index contributed by atoms with van der Waals surface area (Å²) in [6, 6.07) is 3.66. The molecule has 0 atom stereocenters. The fourth-order valence-corrected chi connectivity index (χ4v) is 1.47. The number of carboxylic acids is 1. The van der Waals surface area contributed by atoms with Crippen molar-refractivity contribution in [2.45, 2.75) is 6.92 Å². The van der Waals surface area contributed by atoms with Crippen LogP contribution in [0.2, 0.25) is 0 Å². The monoisotopic (exact) mass is 255 g/mol. The second-order valence-electron chi connectivity index (χ2n) is 3.56. The van der Waals surface area contributed by atoms with Crippen LogP contribution in [-0.4, -0.2) is 42.1 Å². The quantitative estimate of drug-likeness (QED) is 0.863. The maximum Gasteiger partial charge on any atom is 0.323 e. The third-order valence-electron chi connectivity index (χ3n) is 2.39. The molecule has 0 saturated carbocycles. The molecule has 1 rings (SSSR count). The van der Waals surface area contributed by atoms with Gasteiger partial charge in [-0.05, 0) is 25.1 Å². The number of carboxylic acid groups (broad SMARTS) is 1. The summed E-state index contributed by atoms with van der Waals surface area (Å²) in [6.45, 7) is 1.53. The Morgan fingerprint density at radius 3 is 2.61 bits per heavy atom. The molecule has 0 radical (unpaired) electrons. The van der Waals surface area contributed by atoms with Gasteiger partial charge in [0.2, 0.25) is 0 Å². The number of nitrogens with zero attached hydrogens (tertiary/aromatic N) is 1. The topological polar surface area (TPSA) is 66.8 Å². The van der Waals surface area contributed by atoms with Gasteiger partial charge in [0.1, 0.15) is 6.54 Å². The number of carbonyl (C=O) groups excluding carboxylic acids is 1. The number of aliphatic carboxylic acids is 1. The third kappa shape index (κ3) is 3.19. The van der Waals surface area contributed by atoms with Gasteiger partial charge in [-0.25, -0.2) is 4.39 Å². The van der Waals surface area contributed by atoms with E-state index in [4.69, 9.17) is 9.84 Å². The summed E-state index contributed by atoms with van der Waals surface area (Å²) in [5.41, 5.74) is 0.191. The summed E-state index contributed by atoms with van der Waals surface area (Å²) in [6.07, 6.45) is 0. The molecule has 98 valence electrons. The number of ether oxygens (including phenoxy) is 1. The van der Waals surface area contributed by atoms with Gasteiger partial charge in [0.15, 0.2) is 11.6 Å². The molecule has 0 aliphatic carbocycles. The fourth-order valence-electron chi connectivity index (χ4n) is 1.47. The van der Waals surface area contributed by atoms with E-state index in [1.807, 2.05) is 0 Å². The number of rotatable bonds is 5. The largest absolute Gasteiger partial charge is 0.494 e. The highest BCUT2D eigenvalue weighted by molar-refractivity contribution is 5.96. The summed E-state index contributed by atoms with van der Waals surface area (Å²) in [4.78, 5) is 23.7. The Kier molecular flexibility index (Phi) is 4.65. The number of methoxy groups -OCH3 is 1. The van der Waals surface area contributed by atoms with E-state index in [0.717, 1.165) is 11.0 Å². The van der Waals surface area contributed by atoms with E-state index in [1.54, 1.807) is 6.92 Å². The molecule has 5 nitrogen and oxygen atoms in total. The standard InChI is InChI=1S/C12H14FNO4/c1-3-14(7-11(15)16)12(17)8-4-5-9(13)10(6-8)18-2/h4-6H,3,7H2,1-2H3,(H,15,16). The minimum absolute atomic E-state index is 0.0489. The van der Waals surface area contributed by atoms with Crippen LogP contribution in [-0.2, 0) is 4.79 Å². The Hall–Kier alpha value is -2.11. The zero-order valence-corrected chi connectivity index (χ0v) is 10.1. The smallest absolute Gasteiger partial charge is 0.323 e. The Morgan fingerprint density at radius 2 is 2.11 bits per heavy atom. The molecule has 6 heteroatoms. The van der Waals surface area contributed by atoms with E-state index in [2.05, 4.69) is 0 Å². The van der Waals surface area contributed by atoms with Crippen LogP contribution in [0.5, 0.6) is 5.75 Å². The Bertz CT molecular complexity index is 461. The number of halogens is 1. The molecule has 0 aliphatic heterocycles. The van der Waals surface area contributed by atoms with Crippen LogP contribution < -0.4 is 4.74 Å². The average molecular weight is 255 g/mol. The zero-order chi connectivity index (χ0) is 13.7. The molecule has 0 unspecified atom stereocenters. The molecular weight excluding hydrogens is 241 g/mol. The van der Waals surface area contributed by atoms with Gasteiger partial charge >= 0.3 is 5.97 Å². The van der Waals surface area contributed by atoms with Crippen molar-refractivity contribution in [3.05, 3.63) is 29.6 Å². The first kappa shape index (κ1) is 14.0. The minimum atomic E-state index is -1.10. The molecule has 0 saturated heterocycles. The van der Waals surface area contributed by atoms with Crippen molar-refractivity contribution in [3.63, 3.8) is 0 Å². The maximum absolute atomic E-state index is 13.2. The highest BCUT2D eigenvalue weighted by Gasteiger charge is 2.18. The van der Waals surface area contributed by atoms with E-state index in [0.29, 0.717) is 0 Å². The van der Waals surface area contributed by atoms with Gasteiger partial charge < -0.3 is 14.7 Å². The molecule has 0 aliphatic rings. The van der Waals surface area contributed by atoms with Gasteiger partial charge in [0, 0.05) is 12.1 Å². The molecule has 0 bridgehead atoms. The van der Waals surface area contributed by atoms with Crippen LogP contribution in [0.1, 0.15) is 17.3 Å². The Labute approximate surface area is 104 Å². The number of hydrogen-bond donors (Lipinski definition) is 1. The molecule has 1 amide bonds. The van der Waals surface area contributed by atoms with Gasteiger partial charge in [0.05, 0.1) is 7.11 Å². The van der Waals surface area contributed by atoms with Crippen LogP contribution in [0.3, 0.4) is 0 Å². The first-order valence-electron chi connectivity index (χ1n) is 5.34. The normalized spacial score (nSPS) is 9.94. The summed E-state index contributed by atoms with van der Waals surface area (Å²) in [5.74, 6) is -2.19. The second kappa shape index (κ2) is 6.00. The highest BCUT2D eigenvalue weighted by atomic mass is 19.1. The lowest BCUT2D eigenvalue weighted by Crippen LogP contribution is -2.35. The molecule has 1 aromatic carbocycles. The van der Waals surface area contributed by atoms with E-state index >= 15 is 0 Å². The first-order valence-corrected chi connectivity index (χ1v) is 5.34. The van der Waals surface area contributed by atoms with Gasteiger partial charge in [-0.1, -0.05) is 0 Å². The van der Waals surface area contributed by atoms with Crippen LogP contribution in [0.25, 0.3) is 0 Å². The van der Waals surface area contributed by atoms with Crippen LogP contribution in [0.4, 0.5) is 4.39 Å². The summed E-state index contributed by atoms with van der Waals surface area (Å²) < 4.78 is 18.0. The Morgan fingerprint density at radius 1 is 1.44 bits per heavy atom. The number of carbonyl (C=O) groups is 2. The lowest BCUT2D eigenvalue weighted by molar-refractivity contribution is -0.137. The average Bonchev–Trinajstić information content (AvgIpc) is 2.35. The van der Waals surface area contributed by atoms with Crippen molar-refractivity contribution in [3.8, 4) is 5.75 Å². The number of hydrogen-bond acceptors (Lipinski definition) is 3. The van der Waals surface area contributed by atoms with Crippen molar-refractivity contribution >= 4 is 11.9 Å². The Balaban J connectivity index is 2.98. The van der Waals surface area contributed by atoms with Gasteiger partial charge in [-0.2, -0.15) is 0 Å². The third-order valence-corrected chi connectivity index (χ3v) is 2.39. The van der Waals surface area contributed by atoms with Crippen LogP contribution in [0.15, 0.2) is 18.2 Å². The lowest BCUT2D eigenvalue weighted by Gasteiger charge is -2.18. The van der Waals surface area contributed by atoms with Crippen molar-refractivity contribution < 1.29 is 23.8 Å². The SMILES string of the molecule is CCN(CC(=O)O)C(=O)c1ccc(F)c(OC)c1. The minimum Gasteiger partial charge on any atom is -0.494 e. The molecule has 0 spiro atoms. The van der Waals surface area contributed by atoms with Gasteiger partial charge in [0.25, 0.3) is 5.91 Å². The van der Waals surface area contributed by atoms with E-state index in [1.165, 1.54) is 19.2 Å². The maximum atomic E-state index is 13.2. The van der Waals surface area contributed by atoms with E-state index < -0.39 is 24.2 Å². The first-order chi connectivity index (χ1) is 8.49. The molecule has 0 heterocycles. The molecule has 1 aromatic rings. The number of benzene rings is 1. The summed E-state index contributed by atoms with van der Waals surface area (Å²) in [7, 11) is 1.29. The molecular formula is C12H14FNO4. The van der Waals surface area contributed by atoms with E-state index in [9.17, 15) is 14.0 Å². The summed E-state index contributed by atoms with van der Waals surface area (Å²) >= 11 is 0. The number of likely N-dealkylation sites (N-methyl/N-ethyl adjacent to an activating group) is 1. The van der Waals surface area contributed by atoms with E-state index in [-0.39, 0.29) is 17.9 Å². The predicted molar refractivity (Wildman–Crippen MR) is 62.2 cm³/mol. The van der Waals surface area contributed by atoms with Crippen LogP contribution >= 0.6 is 0 Å². The van der Waals surface area contributed by atoms with Gasteiger partial charge in [-0.3, -0.25) is 9.59 Å².